The zero-order valence-electron chi connectivity index (χ0n) is 11.4. The summed E-state index contributed by atoms with van der Waals surface area (Å²) in [6.07, 6.45) is 5.36. The summed E-state index contributed by atoms with van der Waals surface area (Å²) in [7, 11) is 0. The number of fused-ring (bicyclic) bond motifs is 1. The maximum absolute atomic E-state index is 5.90. The second-order valence-corrected chi connectivity index (χ2v) is 5.38. The van der Waals surface area contributed by atoms with E-state index >= 15 is 0 Å². The van der Waals surface area contributed by atoms with Crippen molar-refractivity contribution in [2.45, 2.75) is 26.2 Å². The predicted octanol–water partition coefficient (Wildman–Crippen LogP) is 1.59. The fourth-order valence-electron chi connectivity index (χ4n) is 2.96. The molecule has 5 nitrogen and oxygen atoms in total. The molecule has 3 rings (SSSR count). The quantitative estimate of drug-likeness (QED) is 0.909. The van der Waals surface area contributed by atoms with Crippen molar-refractivity contribution in [3.05, 3.63) is 24.0 Å². The van der Waals surface area contributed by atoms with Crippen LogP contribution < -0.4 is 5.73 Å². The molecule has 0 radical (unpaired) electrons. The van der Waals surface area contributed by atoms with Gasteiger partial charge in [0.15, 0.2) is 5.65 Å². The van der Waals surface area contributed by atoms with Gasteiger partial charge in [0, 0.05) is 18.8 Å². The van der Waals surface area contributed by atoms with Gasteiger partial charge in [-0.2, -0.15) is 9.61 Å². The molecule has 0 bridgehead atoms. The summed E-state index contributed by atoms with van der Waals surface area (Å²) in [5.41, 5.74) is 7.85. The molecule has 1 fully saturated rings. The topological polar surface area (TPSA) is 59.5 Å². The summed E-state index contributed by atoms with van der Waals surface area (Å²) < 4.78 is 1.73. The summed E-state index contributed by atoms with van der Waals surface area (Å²) in [5.74, 6) is 1.36. The molecule has 0 aliphatic carbocycles. The van der Waals surface area contributed by atoms with E-state index in [9.17, 15) is 0 Å². The number of nitrogens with two attached hydrogens (primary N) is 1. The fraction of sp³-hybridized carbons (Fsp3) is 0.571. The number of piperidine rings is 1. The van der Waals surface area contributed by atoms with Crippen LogP contribution >= 0.6 is 0 Å². The van der Waals surface area contributed by atoms with Gasteiger partial charge in [-0.15, -0.1) is 0 Å². The van der Waals surface area contributed by atoms with E-state index in [1.165, 1.54) is 25.9 Å². The molecule has 1 atom stereocenters. The van der Waals surface area contributed by atoms with Crippen molar-refractivity contribution in [2.24, 2.45) is 5.92 Å². The Hall–Kier alpha value is -1.62. The van der Waals surface area contributed by atoms with Crippen LogP contribution in [-0.4, -0.2) is 39.1 Å². The first kappa shape index (κ1) is 12.4. The monoisotopic (exact) mass is 259 g/mol. The van der Waals surface area contributed by atoms with Gasteiger partial charge >= 0.3 is 0 Å². The molecule has 1 unspecified atom stereocenters. The van der Waals surface area contributed by atoms with Crippen LogP contribution in [0.3, 0.4) is 0 Å². The summed E-state index contributed by atoms with van der Waals surface area (Å²) >= 11 is 0. The van der Waals surface area contributed by atoms with E-state index in [2.05, 4.69) is 28.0 Å². The number of rotatable bonds is 3. The van der Waals surface area contributed by atoms with Gasteiger partial charge in [-0.3, -0.25) is 0 Å². The zero-order chi connectivity index (χ0) is 13.2. The Labute approximate surface area is 113 Å². The molecule has 5 heteroatoms. The van der Waals surface area contributed by atoms with Gasteiger partial charge in [-0.25, -0.2) is 4.98 Å². The van der Waals surface area contributed by atoms with Gasteiger partial charge in [0.1, 0.15) is 5.82 Å². The number of nitrogen functional groups attached to an aromatic ring is 1. The Morgan fingerprint density at radius 3 is 3.16 bits per heavy atom. The first-order valence-electron chi connectivity index (χ1n) is 7.07. The SMILES string of the molecule is CCN1CCCC(Cc2cc3nccc(N)n3n2)C1. The predicted molar refractivity (Wildman–Crippen MR) is 75.9 cm³/mol. The Morgan fingerprint density at radius 1 is 1.47 bits per heavy atom. The normalized spacial score (nSPS) is 21.0. The molecule has 1 saturated heterocycles. The molecular weight excluding hydrogens is 238 g/mol. The Balaban J connectivity index is 1.76. The highest BCUT2D eigenvalue weighted by Crippen LogP contribution is 2.21. The lowest BCUT2D eigenvalue weighted by atomic mass is 9.93. The van der Waals surface area contributed by atoms with E-state index in [1.807, 2.05) is 0 Å². The smallest absolute Gasteiger partial charge is 0.157 e. The summed E-state index contributed by atoms with van der Waals surface area (Å²) in [6, 6.07) is 3.84. The summed E-state index contributed by atoms with van der Waals surface area (Å²) in [5, 5.41) is 4.57. The van der Waals surface area contributed by atoms with E-state index < -0.39 is 0 Å². The van der Waals surface area contributed by atoms with E-state index in [1.54, 1.807) is 16.8 Å². The Kier molecular flexibility index (Phi) is 3.38. The fourth-order valence-corrected chi connectivity index (χ4v) is 2.96. The van der Waals surface area contributed by atoms with Crippen molar-refractivity contribution >= 4 is 11.5 Å². The molecule has 2 aromatic heterocycles. The van der Waals surface area contributed by atoms with Crippen LogP contribution in [0, 0.1) is 5.92 Å². The highest BCUT2D eigenvalue weighted by atomic mass is 15.3. The van der Waals surface area contributed by atoms with E-state index in [0.717, 1.165) is 24.3 Å². The highest BCUT2D eigenvalue weighted by Gasteiger charge is 2.20. The van der Waals surface area contributed by atoms with E-state index in [-0.39, 0.29) is 0 Å². The van der Waals surface area contributed by atoms with Crippen LogP contribution in [0.5, 0.6) is 0 Å². The minimum Gasteiger partial charge on any atom is -0.384 e. The van der Waals surface area contributed by atoms with Gasteiger partial charge in [-0.1, -0.05) is 6.92 Å². The summed E-state index contributed by atoms with van der Waals surface area (Å²) in [4.78, 5) is 6.82. The van der Waals surface area contributed by atoms with Crippen LogP contribution in [0.1, 0.15) is 25.5 Å². The molecule has 19 heavy (non-hydrogen) atoms. The maximum Gasteiger partial charge on any atom is 0.157 e. The average Bonchev–Trinajstić information content (AvgIpc) is 2.83. The third-order valence-electron chi connectivity index (χ3n) is 3.99. The number of hydrogen-bond donors (Lipinski definition) is 1. The minimum atomic E-state index is 0.648. The number of aromatic nitrogens is 3. The van der Waals surface area contributed by atoms with E-state index in [0.29, 0.717) is 11.7 Å². The number of nitrogens with zero attached hydrogens (tertiary/aromatic N) is 4. The third-order valence-corrected chi connectivity index (χ3v) is 3.99. The van der Waals surface area contributed by atoms with Gasteiger partial charge in [0.2, 0.25) is 0 Å². The molecule has 0 spiro atoms. The second-order valence-electron chi connectivity index (χ2n) is 5.38. The first-order chi connectivity index (χ1) is 9.26. The molecule has 1 aliphatic rings. The first-order valence-corrected chi connectivity index (χ1v) is 7.07. The standard InChI is InChI=1S/C14H21N5/c1-2-18-7-3-4-11(10-18)8-12-9-14-16-6-5-13(15)19(14)17-12/h5-6,9,11H,2-4,7-8,10,15H2,1H3. The largest absolute Gasteiger partial charge is 0.384 e. The molecule has 2 N–H and O–H groups in total. The molecule has 0 aromatic carbocycles. The lowest BCUT2D eigenvalue weighted by Gasteiger charge is -2.31. The van der Waals surface area contributed by atoms with Crippen molar-refractivity contribution in [3.63, 3.8) is 0 Å². The van der Waals surface area contributed by atoms with Gasteiger partial charge in [-0.05, 0) is 44.3 Å². The van der Waals surface area contributed by atoms with Crippen LogP contribution in [0.4, 0.5) is 5.82 Å². The van der Waals surface area contributed by atoms with Crippen molar-refractivity contribution in [1.29, 1.82) is 0 Å². The van der Waals surface area contributed by atoms with E-state index in [4.69, 9.17) is 5.73 Å². The molecule has 3 heterocycles. The highest BCUT2D eigenvalue weighted by molar-refractivity contribution is 5.46. The zero-order valence-corrected chi connectivity index (χ0v) is 11.4. The van der Waals surface area contributed by atoms with Gasteiger partial charge < -0.3 is 10.6 Å². The molecule has 1 aliphatic heterocycles. The van der Waals surface area contributed by atoms with Gasteiger partial charge in [0.05, 0.1) is 5.69 Å². The van der Waals surface area contributed by atoms with Crippen LogP contribution in [-0.2, 0) is 6.42 Å². The second kappa shape index (κ2) is 5.17. The third kappa shape index (κ3) is 2.56. The van der Waals surface area contributed by atoms with Crippen molar-refractivity contribution in [3.8, 4) is 0 Å². The van der Waals surface area contributed by atoms with Crippen LogP contribution in [0.2, 0.25) is 0 Å². The number of anilines is 1. The molecule has 0 amide bonds. The number of likely N-dealkylation sites (tertiary alicyclic amines) is 1. The van der Waals surface area contributed by atoms with Crippen molar-refractivity contribution in [2.75, 3.05) is 25.4 Å². The van der Waals surface area contributed by atoms with Gasteiger partial charge in [0.25, 0.3) is 0 Å². The van der Waals surface area contributed by atoms with Crippen molar-refractivity contribution < 1.29 is 0 Å². The molecule has 2 aromatic rings. The molecule has 102 valence electrons. The minimum absolute atomic E-state index is 0.648. The number of hydrogen-bond acceptors (Lipinski definition) is 4. The molecule has 0 saturated carbocycles. The molecular formula is C14H21N5. The lowest BCUT2D eigenvalue weighted by Crippen LogP contribution is -2.35. The summed E-state index contributed by atoms with van der Waals surface area (Å²) in [6.45, 7) is 5.81. The van der Waals surface area contributed by atoms with Crippen LogP contribution in [0.25, 0.3) is 5.65 Å². The van der Waals surface area contributed by atoms with Crippen LogP contribution in [0.15, 0.2) is 18.3 Å². The van der Waals surface area contributed by atoms with Crippen molar-refractivity contribution in [1.82, 2.24) is 19.5 Å². The maximum atomic E-state index is 5.90. The Bertz CT molecular complexity index is 562. The lowest BCUT2D eigenvalue weighted by molar-refractivity contribution is 0.181. The Morgan fingerprint density at radius 2 is 2.37 bits per heavy atom. The average molecular weight is 259 g/mol.